The van der Waals surface area contributed by atoms with Crippen molar-refractivity contribution in [3.63, 3.8) is 0 Å². The highest BCUT2D eigenvalue weighted by Gasteiger charge is 2.29. The molecule has 2 atom stereocenters. The molecule has 0 radical (unpaired) electrons. The minimum absolute atomic E-state index is 0.0615. The number of hydrogen-bond acceptors (Lipinski definition) is 4. The van der Waals surface area contributed by atoms with Gasteiger partial charge in [0, 0.05) is 19.2 Å². The van der Waals surface area contributed by atoms with E-state index in [0.717, 1.165) is 17.8 Å². The first-order chi connectivity index (χ1) is 8.88. The second kappa shape index (κ2) is 5.46. The second-order valence-corrected chi connectivity index (χ2v) is 6.84. The highest BCUT2D eigenvalue weighted by atomic mass is 35.5. The molecular weight excluding hydrogens is 288 g/mol. The van der Waals surface area contributed by atoms with Crippen LogP contribution >= 0.6 is 22.9 Å². The predicted molar refractivity (Wildman–Crippen MR) is 74.8 cm³/mol. The maximum Gasteiger partial charge on any atom is 0.299 e. The van der Waals surface area contributed by atoms with Crippen LogP contribution in [0.1, 0.15) is 29.9 Å². The van der Waals surface area contributed by atoms with E-state index in [9.17, 15) is 14.9 Å². The van der Waals surface area contributed by atoms with Gasteiger partial charge in [0.25, 0.3) is 11.6 Å². The Morgan fingerprint density at radius 2 is 2.05 bits per heavy atom. The molecule has 104 valence electrons. The van der Waals surface area contributed by atoms with Crippen molar-refractivity contribution in [2.45, 2.75) is 20.3 Å². The average Bonchev–Trinajstić information content (AvgIpc) is 2.69. The van der Waals surface area contributed by atoms with E-state index in [-0.39, 0.29) is 15.9 Å². The standard InChI is InChI=1S/C12H15ClN2O3S/c1-7-3-8(2)6-14(5-7)12(16)10-4-9(15(17)18)11(13)19-10/h4,7-8H,3,5-6H2,1-2H3. The average molecular weight is 303 g/mol. The molecule has 0 bridgehead atoms. The fourth-order valence-electron chi connectivity index (χ4n) is 2.57. The summed E-state index contributed by atoms with van der Waals surface area (Å²) in [6.45, 7) is 5.62. The number of likely N-dealkylation sites (tertiary alicyclic amines) is 1. The third kappa shape index (κ3) is 3.06. The fraction of sp³-hybridized carbons (Fsp3) is 0.583. The topological polar surface area (TPSA) is 63.5 Å². The minimum atomic E-state index is -0.558. The number of rotatable bonds is 2. The van der Waals surface area contributed by atoms with Gasteiger partial charge in [0.15, 0.2) is 4.34 Å². The lowest BCUT2D eigenvalue weighted by Gasteiger charge is -2.34. The van der Waals surface area contributed by atoms with Gasteiger partial charge in [0.2, 0.25) is 0 Å². The van der Waals surface area contributed by atoms with Crippen molar-refractivity contribution in [1.29, 1.82) is 0 Å². The lowest BCUT2D eigenvalue weighted by molar-refractivity contribution is -0.384. The Morgan fingerprint density at radius 3 is 2.53 bits per heavy atom. The van der Waals surface area contributed by atoms with E-state index in [2.05, 4.69) is 13.8 Å². The monoisotopic (exact) mass is 302 g/mol. The van der Waals surface area contributed by atoms with E-state index in [1.807, 2.05) is 0 Å². The Bertz CT molecular complexity index is 507. The van der Waals surface area contributed by atoms with Gasteiger partial charge in [-0.05, 0) is 18.3 Å². The summed E-state index contributed by atoms with van der Waals surface area (Å²) in [7, 11) is 0. The van der Waals surface area contributed by atoms with Crippen molar-refractivity contribution in [3.05, 3.63) is 25.4 Å². The maximum atomic E-state index is 12.3. The van der Waals surface area contributed by atoms with Crippen LogP contribution < -0.4 is 0 Å². The summed E-state index contributed by atoms with van der Waals surface area (Å²) in [5.74, 6) is 0.759. The molecule has 1 aromatic heterocycles. The van der Waals surface area contributed by atoms with Crippen LogP contribution in [0.3, 0.4) is 0 Å². The van der Waals surface area contributed by atoms with E-state index in [1.165, 1.54) is 6.07 Å². The Kier molecular flexibility index (Phi) is 4.10. The Balaban J connectivity index is 2.19. The van der Waals surface area contributed by atoms with Crippen LogP contribution in [0.5, 0.6) is 0 Å². The molecule has 1 saturated heterocycles. The number of carbonyl (C=O) groups excluding carboxylic acids is 1. The van der Waals surface area contributed by atoms with Crippen LogP contribution in [-0.4, -0.2) is 28.8 Å². The van der Waals surface area contributed by atoms with Crippen LogP contribution in [-0.2, 0) is 0 Å². The molecule has 1 amide bonds. The SMILES string of the molecule is CC1CC(C)CN(C(=O)c2cc([N+](=O)[O-])c(Cl)s2)C1. The van der Waals surface area contributed by atoms with Gasteiger partial charge in [0.05, 0.1) is 4.92 Å². The lowest BCUT2D eigenvalue weighted by Crippen LogP contribution is -2.42. The van der Waals surface area contributed by atoms with Crippen LogP contribution in [0.25, 0.3) is 0 Å². The first kappa shape index (κ1) is 14.3. The van der Waals surface area contributed by atoms with E-state index >= 15 is 0 Å². The molecule has 0 spiro atoms. The molecule has 5 nitrogen and oxygen atoms in total. The molecule has 1 fully saturated rings. The number of halogens is 1. The van der Waals surface area contributed by atoms with E-state index in [4.69, 9.17) is 11.6 Å². The number of nitro groups is 1. The summed E-state index contributed by atoms with van der Waals surface area (Å²) >= 11 is 6.77. The lowest BCUT2D eigenvalue weighted by atomic mass is 9.92. The van der Waals surface area contributed by atoms with Gasteiger partial charge in [-0.3, -0.25) is 14.9 Å². The second-order valence-electron chi connectivity index (χ2n) is 5.18. The highest BCUT2D eigenvalue weighted by Crippen LogP contribution is 2.35. The zero-order chi connectivity index (χ0) is 14.2. The van der Waals surface area contributed by atoms with Gasteiger partial charge < -0.3 is 4.90 Å². The molecule has 1 aromatic rings. The summed E-state index contributed by atoms with van der Waals surface area (Å²) in [6, 6.07) is 1.28. The molecule has 0 N–H and O–H groups in total. The summed E-state index contributed by atoms with van der Waals surface area (Å²) in [5, 5.41) is 10.7. The zero-order valence-electron chi connectivity index (χ0n) is 10.8. The van der Waals surface area contributed by atoms with E-state index < -0.39 is 4.92 Å². The van der Waals surface area contributed by atoms with Crippen molar-refractivity contribution < 1.29 is 9.72 Å². The van der Waals surface area contributed by atoms with Gasteiger partial charge >= 0.3 is 0 Å². The summed E-state index contributed by atoms with van der Waals surface area (Å²) in [6.07, 6.45) is 1.11. The highest BCUT2D eigenvalue weighted by molar-refractivity contribution is 7.18. The van der Waals surface area contributed by atoms with Gasteiger partial charge in [-0.25, -0.2) is 0 Å². The molecule has 0 aromatic carbocycles. The normalized spacial score (nSPS) is 23.4. The molecule has 0 saturated carbocycles. The quantitative estimate of drug-likeness (QED) is 0.621. The smallest absolute Gasteiger partial charge is 0.299 e. The van der Waals surface area contributed by atoms with Gasteiger partial charge in [-0.1, -0.05) is 25.4 Å². The van der Waals surface area contributed by atoms with E-state index in [0.29, 0.717) is 29.8 Å². The van der Waals surface area contributed by atoms with Crippen LogP contribution in [0.2, 0.25) is 4.34 Å². The Hall–Kier alpha value is -1.14. The van der Waals surface area contributed by atoms with Gasteiger partial charge in [-0.2, -0.15) is 0 Å². The predicted octanol–water partition coefficient (Wildman–Crippen LogP) is 3.43. The number of carbonyl (C=O) groups is 1. The molecular formula is C12H15ClN2O3S. The van der Waals surface area contributed by atoms with E-state index in [1.54, 1.807) is 4.90 Å². The van der Waals surface area contributed by atoms with Crippen LogP contribution in [0.15, 0.2) is 6.07 Å². The third-order valence-corrected chi connectivity index (χ3v) is 4.56. The summed E-state index contributed by atoms with van der Waals surface area (Å²) in [5.41, 5.74) is -0.187. The summed E-state index contributed by atoms with van der Waals surface area (Å²) in [4.78, 5) is 24.6. The molecule has 1 aliphatic heterocycles. The summed E-state index contributed by atoms with van der Waals surface area (Å²) < 4.78 is 0.0615. The van der Waals surface area contributed by atoms with Crippen molar-refractivity contribution in [3.8, 4) is 0 Å². The van der Waals surface area contributed by atoms with Crippen LogP contribution in [0.4, 0.5) is 5.69 Å². The minimum Gasteiger partial charge on any atom is -0.337 e. The molecule has 1 aliphatic rings. The Morgan fingerprint density at radius 1 is 1.47 bits per heavy atom. The Labute approximate surface area is 120 Å². The first-order valence-corrected chi connectivity index (χ1v) is 7.31. The van der Waals surface area contributed by atoms with Gasteiger partial charge in [-0.15, -0.1) is 11.3 Å². The molecule has 0 aliphatic carbocycles. The van der Waals surface area contributed by atoms with Crippen LogP contribution in [0, 0.1) is 22.0 Å². The molecule has 19 heavy (non-hydrogen) atoms. The van der Waals surface area contributed by atoms with Gasteiger partial charge in [0.1, 0.15) is 4.88 Å². The largest absolute Gasteiger partial charge is 0.337 e. The van der Waals surface area contributed by atoms with Crippen molar-refractivity contribution in [2.24, 2.45) is 11.8 Å². The zero-order valence-corrected chi connectivity index (χ0v) is 12.3. The maximum absolute atomic E-state index is 12.3. The molecule has 2 unspecified atom stereocenters. The van der Waals surface area contributed by atoms with Crippen molar-refractivity contribution >= 4 is 34.5 Å². The number of hydrogen-bond donors (Lipinski definition) is 0. The number of nitrogens with zero attached hydrogens (tertiary/aromatic N) is 2. The van der Waals surface area contributed by atoms with Crippen molar-refractivity contribution in [1.82, 2.24) is 4.90 Å². The van der Waals surface area contributed by atoms with Crippen molar-refractivity contribution in [2.75, 3.05) is 13.1 Å². The number of piperidine rings is 1. The molecule has 2 heterocycles. The molecule has 2 rings (SSSR count). The number of amides is 1. The first-order valence-electron chi connectivity index (χ1n) is 6.11. The third-order valence-electron chi connectivity index (χ3n) is 3.23. The number of thiophene rings is 1. The fourth-order valence-corrected chi connectivity index (χ4v) is 3.76. The molecule has 7 heteroatoms.